The minimum atomic E-state index is -0.145. The van der Waals surface area contributed by atoms with Gasteiger partial charge in [-0.05, 0) is 24.1 Å². The summed E-state index contributed by atoms with van der Waals surface area (Å²) in [4.78, 5) is 15.4. The van der Waals surface area contributed by atoms with Crippen LogP contribution in [0.15, 0.2) is 23.2 Å². The fourth-order valence-corrected chi connectivity index (χ4v) is 1.63. The molecule has 0 saturated heterocycles. The van der Waals surface area contributed by atoms with Crippen LogP contribution in [0.3, 0.4) is 0 Å². The van der Waals surface area contributed by atoms with Crippen molar-refractivity contribution in [2.24, 2.45) is 10.7 Å². The van der Waals surface area contributed by atoms with Gasteiger partial charge in [-0.3, -0.25) is 4.79 Å². The minimum absolute atomic E-state index is 0.145. The van der Waals surface area contributed by atoms with Gasteiger partial charge in [0, 0.05) is 13.5 Å². The average Bonchev–Trinajstić information content (AvgIpc) is 2.42. The first kappa shape index (κ1) is 15.8. The molecule has 0 radical (unpaired) electrons. The van der Waals surface area contributed by atoms with Gasteiger partial charge in [-0.15, -0.1) is 0 Å². The molecule has 0 atom stereocenters. The maximum atomic E-state index is 11.2. The predicted molar refractivity (Wildman–Crippen MR) is 80.9 cm³/mol. The third-order valence-corrected chi connectivity index (χ3v) is 2.56. The molecule has 110 valence electrons. The quantitative estimate of drug-likeness (QED) is 0.543. The van der Waals surface area contributed by atoms with Crippen molar-refractivity contribution >= 4 is 17.6 Å². The van der Waals surface area contributed by atoms with Gasteiger partial charge in [-0.1, -0.05) is 13.0 Å². The third-order valence-electron chi connectivity index (χ3n) is 2.56. The average molecular weight is 278 g/mol. The van der Waals surface area contributed by atoms with E-state index in [0.717, 1.165) is 18.5 Å². The first-order valence-corrected chi connectivity index (χ1v) is 6.55. The van der Waals surface area contributed by atoms with Gasteiger partial charge in [0.25, 0.3) is 0 Å². The van der Waals surface area contributed by atoms with Crippen molar-refractivity contribution < 1.29 is 9.53 Å². The molecule has 20 heavy (non-hydrogen) atoms. The van der Waals surface area contributed by atoms with Crippen molar-refractivity contribution in [3.8, 4) is 5.75 Å². The summed E-state index contributed by atoms with van der Waals surface area (Å²) in [5, 5.41) is 5.73. The number of guanidine groups is 1. The number of ether oxygens (including phenoxy) is 1. The van der Waals surface area contributed by atoms with Crippen LogP contribution in [0.4, 0.5) is 5.69 Å². The number of nitrogens with one attached hydrogen (secondary N) is 2. The fourth-order valence-electron chi connectivity index (χ4n) is 1.63. The number of rotatable bonds is 6. The normalized spacial score (nSPS) is 11.1. The molecule has 1 aromatic carbocycles. The highest BCUT2D eigenvalue weighted by molar-refractivity contribution is 5.90. The molecule has 0 heterocycles. The van der Waals surface area contributed by atoms with Crippen LogP contribution in [0.2, 0.25) is 0 Å². The SMILES string of the molecule is CCCNC(N)=NCc1ccc(OC)c(NC(C)=O)c1. The Morgan fingerprint density at radius 2 is 2.20 bits per heavy atom. The molecule has 0 fully saturated rings. The summed E-state index contributed by atoms with van der Waals surface area (Å²) >= 11 is 0. The molecule has 0 aliphatic carbocycles. The van der Waals surface area contributed by atoms with Gasteiger partial charge in [0.1, 0.15) is 5.75 Å². The van der Waals surface area contributed by atoms with Crippen LogP contribution < -0.4 is 21.1 Å². The van der Waals surface area contributed by atoms with E-state index in [0.29, 0.717) is 23.9 Å². The highest BCUT2D eigenvalue weighted by Crippen LogP contribution is 2.25. The Bertz CT molecular complexity index is 486. The molecule has 0 aliphatic rings. The van der Waals surface area contributed by atoms with E-state index in [1.165, 1.54) is 6.92 Å². The van der Waals surface area contributed by atoms with Gasteiger partial charge >= 0.3 is 0 Å². The molecule has 0 saturated carbocycles. The van der Waals surface area contributed by atoms with Crippen molar-refractivity contribution in [1.29, 1.82) is 0 Å². The number of hydrogen-bond donors (Lipinski definition) is 3. The molecule has 1 aromatic rings. The Morgan fingerprint density at radius 3 is 2.80 bits per heavy atom. The summed E-state index contributed by atoms with van der Waals surface area (Å²) in [6.45, 7) is 4.76. The van der Waals surface area contributed by atoms with Crippen molar-refractivity contribution in [2.45, 2.75) is 26.8 Å². The van der Waals surface area contributed by atoms with Gasteiger partial charge in [0.05, 0.1) is 19.3 Å². The Kier molecular flexibility index (Phi) is 6.36. The van der Waals surface area contributed by atoms with Gasteiger partial charge in [0.2, 0.25) is 5.91 Å². The molecule has 0 unspecified atom stereocenters. The number of carbonyl (C=O) groups excluding carboxylic acids is 1. The number of anilines is 1. The van der Waals surface area contributed by atoms with Gasteiger partial charge in [-0.25, -0.2) is 4.99 Å². The molecule has 1 rings (SSSR count). The number of aliphatic imine (C=N–C) groups is 1. The van der Waals surface area contributed by atoms with Gasteiger partial charge in [0.15, 0.2) is 5.96 Å². The van der Waals surface area contributed by atoms with Crippen LogP contribution >= 0.6 is 0 Å². The summed E-state index contributed by atoms with van der Waals surface area (Å²) in [6.07, 6.45) is 0.992. The molecule has 0 bridgehead atoms. The first-order chi connectivity index (χ1) is 9.56. The van der Waals surface area contributed by atoms with E-state index < -0.39 is 0 Å². The van der Waals surface area contributed by atoms with Gasteiger partial charge in [-0.2, -0.15) is 0 Å². The van der Waals surface area contributed by atoms with Crippen LogP contribution in [0.1, 0.15) is 25.8 Å². The zero-order chi connectivity index (χ0) is 15.0. The van der Waals surface area contributed by atoms with E-state index in [-0.39, 0.29) is 5.91 Å². The van der Waals surface area contributed by atoms with Crippen LogP contribution in [-0.4, -0.2) is 25.5 Å². The monoisotopic (exact) mass is 278 g/mol. The zero-order valence-electron chi connectivity index (χ0n) is 12.2. The summed E-state index contributed by atoms with van der Waals surface area (Å²) in [5.74, 6) is 0.891. The first-order valence-electron chi connectivity index (χ1n) is 6.55. The number of hydrogen-bond acceptors (Lipinski definition) is 3. The number of amides is 1. The van der Waals surface area contributed by atoms with E-state index in [2.05, 4.69) is 22.5 Å². The van der Waals surface area contributed by atoms with Crippen LogP contribution in [0, 0.1) is 0 Å². The molecule has 0 aromatic heterocycles. The van der Waals surface area contributed by atoms with Crippen molar-refractivity contribution in [2.75, 3.05) is 19.0 Å². The zero-order valence-corrected chi connectivity index (χ0v) is 12.2. The van der Waals surface area contributed by atoms with Gasteiger partial charge < -0.3 is 21.1 Å². The van der Waals surface area contributed by atoms with E-state index >= 15 is 0 Å². The van der Waals surface area contributed by atoms with E-state index in [9.17, 15) is 4.79 Å². The fraction of sp³-hybridized carbons (Fsp3) is 0.429. The molecule has 4 N–H and O–H groups in total. The lowest BCUT2D eigenvalue weighted by molar-refractivity contribution is -0.114. The second-order valence-electron chi connectivity index (χ2n) is 4.34. The third kappa shape index (κ3) is 5.17. The highest BCUT2D eigenvalue weighted by atomic mass is 16.5. The summed E-state index contributed by atoms with van der Waals surface area (Å²) in [7, 11) is 1.56. The highest BCUT2D eigenvalue weighted by Gasteiger charge is 2.05. The maximum absolute atomic E-state index is 11.2. The number of benzene rings is 1. The Balaban J connectivity index is 2.78. The standard InChI is InChI=1S/C14H22N4O2/c1-4-7-16-14(15)17-9-11-5-6-13(20-3)12(8-11)18-10(2)19/h5-6,8H,4,7,9H2,1-3H3,(H,18,19)(H3,15,16,17). The predicted octanol–water partition coefficient (Wildman–Crippen LogP) is 1.47. The lowest BCUT2D eigenvalue weighted by Gasteiger charge is -2.10. The number of carbonyl (C=O) groups is 1. The molecule has 6 nitrogen and oxygen atoms in total. The van der Waals surface area contributed by atoms with E-state index in [4.69, 9.17) is 10.5 Å². The largest absolute Gasteiger partial charge is 0.495 e. The van der Waals surface area contributed by atoms with Crippen LogP contribution in [0.25, 0.3) is 0 Å². The summed E-state index contributed by atoms with van der Waals surface area (Å²) < 4.78 is 5.19. The molecule has 1 amide bonds. The molecule has 0 aliphatic heterocycles. The lowest BCUT2D eigenvalue weighted by Crippen LogP contribution is -2.32. The molecule has 6 heteroatoms. The lowest BCUT2D eigenvalue weighted by atomic mass is 10.2. The minimum Gasteiger partial charge on any atom is -0.495 e. The molecular formula is C14H22N4O2. The number of nitrogens with zero attached hydrogens (tertiary/aromatic N) is 1. The topological polar surface area (TPSA) is 88.7 Å². The Morgan fingerprint density at radius 1 is 1.45 bits per heavy atom. The summed E-state index contributed by atoms with van der Waals surface area (Å²) in [5.41, 5.74) is 7.30. The smallest absolute Gasteiger partial charge is 0.221 e. The number of methoxy groups -OCH3 is 1. The van der Waals surface area contributed by atoms with Crippen LogP contribution in [-0.2, 0) is 11.3 Å². The maximum Gasteiger partial charge on any atom is 0.221 e. The van der Waals surface area contributed by atoms with E-state index in [1.54, 1.807) is 13.2 Å². The van der Waals surface area contributed by atoms with Crippen LogP contribution in [0.5, 0.6) is 5.75 Å². The van der Waals surface area contributed by atoms with E-state index in [1.807, 2.05) is 12.1 Å². The summed E-state index contributed by atoms with van der Waals surface area (Å²) in [6, 6.07) is 5.52. The number of nitrogens with two attached hydrogens (primary N) is 1. The molecule has 0 spiro atoms. The Hall–Kier alpha value is -2.24. The molecular weight excluding hydrogens is 256 g/mol. The second-order valence-corrected chi connectivity index (χ2v) is 4.34. The Labute approximate surface area is 119 Å². The second kappa shape index (κ2) is 8.04. The van der Waals surface area contributed by atoms with Crippen molar-refractivity contribution in [3.05, 3.63) is 23.8 Å². The van der Waals surface area contributed by atoms with Crippen molar-refractivity contribution in [3.63, 3.8) is 0 Å². The van der Waals surface area contributed by atoms with Crippen molar-refractivity contribution in [1.82, 2.24) is 5.32 Å².